The summed E-state index contributed by atoms with van der Waals surface area (Å²) in [6.07, 6.45) is 3.09. The molecule has 1 nitrogen and oxygen atoms in total. The first-order valence-electron chi connectivity index (χ1n) is 4.69. The second-order valence-corrected chi connectivity index (χ2v) is 3.95. The van der Waals surface area contributed by atoms with Crippen molar-refractivity contribution in [3.05, 3.63) is 17.9 Å². The van der Waals surface area contributed by atoms with Crippen molar-refractivity contribution in [3.63, 3.8) is 0 Å². The zero-order chi connectivity index (χ0) is 9.14. The van der Waals surface area contributed by atoms with E-state index in [1.54, 1.807) is 0 Å². The van der Waals surface area contributed by atoms with E-state index in [2.05, 4.69) is 19.2 Å². The quantitative estimate of drug-likeness (QED) is 0.593. The number of hydrogen-bond acceptors (Lipinski definition) is 1. The molecule has 0 aromatic heterocycles. The number of aliphatic hydroxyl groups is 1. The molecule has 0 heterocycles. The van der Waals surface area contributed by atoms with Gasteiger partial charge in [-0.3, -0.25) is 0 Å². The van der Waals surface area contributed by atoms with Gasteiger partial charge in [0.25, 0.3) is 0 Å². The summed E-state index contributed by atoms with van der Waals surface area (Å²) in [6, 6.07) is 0. The van der Waals surface area contributed by atoms with Gasteiger partial charge in [-0.1, -0.05) is 13.5 Å². The van der Waals surface area contributed by atoms with Crippen LogP contribution in [0.3, 0.4) is 0 Å². The Morgan fingerprint density at radius 1 is 1.50 bits per heavy atom. The fraction of sp³-hybridized carbons (Fsp3) is 0.727. The van der Waals surface area contributed by atoms with E-state index in [0.29, 0.717) is 11.8 Å². The van der Waals surface area contributed by atoms with Crippen LogP contribution in [-0.2, 0) is 0 Å². The van der Waals surface area contributed by atoms with E-state index in [1.165, 1.54) is 6.42 Å². The molecular formula is C11H18O. The highest BCUT2D eigenvalue weighted by molar-refractivity contribution is 5.04. The van der Waals surface area contributed by atoms with Crippen LogP contribution in [0.2, 0.25) is 0 Å². The van der Waals surface area contributed by atoms with Crippen LogP contribution >= 0.6 is 0 Å². The van der Waals surface area contributed by atoms with Gasteiger partial charge in [-0.2, -0.15) is 0 Å². The number of rotatable bonds is 1. The highest BCUT2D eigenvalue weighted by Gasteiger charge is 2.27. The first kappa shape index (κ1) is 9.57. The zero-order valence-corrected chi connectivity index (χ0v) is 8.01. The van der Waals surface area contributed by atoms with Crippen LogP contribution in [0.1, 0.15) is 33.1 Å². The minimum absolute atomic E-state index is 0.164. The summed E-state index contributed by atoms with van der Waals surface area (Å²) >= 11 is 0. The van der Waals surface area contributed by atoms with Crippen molar-refractivity contribution < 1.29 is 5.11 Å². The summed E-state index contributed by atoms with van der Waals surface area (Å²) in [6.45, 7) is 7.83. The molecule has 1 fully saturated rings. The van der Waals surface area contributed by atoms with Crippen LogP contribution < -0.4 is 0 Å². The molecule has 0 spiro atoms. The van der Waals surface area contributed by atoms with Crippen LogP contribution in [0.15, 0.2) is 17.9 Å². The molecule has 1 heteroatoms. The molecule has 0 bridgehead atoms. The third kappa shape index (κ3) is 2.00. The van der Waals surface area contributed by atoms with E-state index < -0.39 is 0 Å². The standard InChI is InChI=1S/C11H18O/c1-4-9(3)10-6-5-8(2)7-11(10)12/h8,10-12H,1,5-7H2,2-3H3. The minimum Gasteiger partial charge on any atom is -0.392 e. The van der Waals surface area contributed by atoms with Crippen molar-refractivity contribution in [2.75, 3.05) is 0 Å². The molecule has 0 saturated heterocycles. The van der Waals surface area contributed by atoms with Crippen molar-refractivity contribution in [1.82, 2.24) is 0 Å². The first-order chi connectivity index (χ1) is 5.65. The maximum Gasteiger partial charge on any atom is 0.0614 e. The van der Waals surface area contributed by atoms with Gasteiger partial charge in [0.15, 0.2) is 0 Å². The molecular weight excluding hydrogens is 148 g/mol. The molecule has 0 amide bonds. The fourth-order valence-electron chi connectivity index (χ4n) is 1.99. The highest BCUT2D eigenvalue weighted by atomic mass is 16.3. The van der Waals surface area contributed by atoms with Crippen molar-refractivity contribution in [2.24, 2.45) is 11.8 Å². The highest BCUT2D eigenvalue weighted by Crippen LogP contribution is 2.32. The van der Waals surface area contributed by atoms with Crippen molar-refractivity contribution >= 4 is 0 Å². The first-order valence-corrected chi connectivity index (χ1v) is 4.69. The lowest BCUT2D eigenvalue weighted by atomic mass is 9.78. The Morgan fingerprint density at radius 3 is 2.67 bits per heavy atom. The monoisotopic (exact) mass is 166 g/mol. The van der Waals surface area contributed by atoms with E-state index in [4.69, 9.17) is 0 Å². The van der Waals surface area contributed by atoms with E-state index in [-0.39, 0.29) is 6.10 Å². The second-order valence-electron chi connectivity index (χ2n) is 3.95. The van der Waals surface area contributed by atoms with Gasteiger partial charge >= 0.3 is 0 Å². The molecule has 1 aliphatic carbocycles. The van der Waals surface area contributed by atoms with E-state index in [0.717, 1.165) is 18.4 Å². The van der Waals surface area contributed by atoms with Gasteiger partial charge in [0.05, 0.1) is 6.10 Å². The van der Waals surface area contributed by atoms with Crippen molar-refractivity contribution in [1.29, 1.82) is 0 Å². The molecule has 1 saturated carbocycles. The summed E-state index contributed by atoms with van der Waals surface area (Å²) in [5.41, 5.74) is 4.01. The molecule has 0 radical (unpaired) electrons. The topological polar surface area (TPSA) is 20.2 Å². The summed E-state index contributed by atoms with van der Waals surface area (Å²) in [5.74, 6) is 0.993. The van der Waals surface area contributed by atoms with Gasteiger partial charge < -0.3 is 5.11 Å². The normalized spacial score (nSPS) is 35.8. The van der Waals surface area contributed by atoms with Crippen LogP contribution in [-0.4, -0.2) is 11.2 Å². The van der Waals surface area contributed by atoms with Crippen LogP contribution in [0.5, 0.6) is 0 Å². The Hall–Kier alpha value is -0.520. The SMILES string of the molecule is C=C=C(C)C1CCC(C)CC1O. The molecule has 1 N–H and O–H groups in total. The molecule has 3 atom stereocenters. The third-order valence-electron chi connectivity index (χ3n) is 2.91. The lowest BCUT2D eigenvalue weighted by molar-refractivity contribution is 0.0656. The average molecular weight is 166 g/mol. The maximum atomic E-state index is 9.75. The Bertz CT molecular complexity index is 201. The molecule has 1 rings (SSSR count). The Labute approximate surface area is 74.8 Å². The summed E-state index contributed by atoms with van der Waals surface area (Å²) in [7, 11) is 0. The molecule has 12 heavy (non-hydrogen) atoms. The molecule has 68 valence electrons. The lowest BCUT2D eigenvalue weighted by Crippen LogP contribution is -2.28. The second kappa shape index (κ2) is 3.93. The van der Waals surface area contributed by atoms with Crippen molar-refractivity contribution in [3.8, 4) is 0 Å². The molecule has 0 aliphatic heterocycles. The summed E-state index contributed by atoms with van der Waals surface area (Å²) in [5, 5.41) is 9.75. The molecule has 0 aromatic carbocycles. The smallest absolute Gasteiger partial charge is 0.0614 e. The maximum absolute atomic E-state index is 9.75. The van der Waals surface area contributed by atoms with Gasteiger partial charge in [0, 0.05) is 5.92 Å². The predicted molar refractivity (Wildman–Crippen MR) is 50.8 cm³/mol. The van der Waals surface area contributed by atoms with Gasteiger partial charge in [-0.25, -0.2) is 0 Å². The Morgan fingerprint density at radius 2 is 2.17 bits per heavy atom. The number of hydrogen-bond donors (Lipinski definition) is 1. The Balaban J connectivity index is 2.62. The third-order valence-corrected chi connectivity index (χ3v) is 2.91. The van der Waals surface area contributed by atoms with Gasteiger partial charge in [-0.05, 0) is 37.7 Å². The van der Waals surface area contributed by atoms with Crippen LogP contribution in [0.4, 0.5) is 0 Å². The fourth-order valence-corrected chi connectivity index (χ4v) is 1.99. The molecule has 0 aromatic rings. The summed E-state index contributed by atoms with van der Waals surface area (Å²) < 4.78 is 0. The largest absolute Gasteiger partial charge is 0.392 e. The van der Waals surface area contributed by atoms with Crippen LogP contribution in [0, 0.1) is 11.8 Å². The van der Waals surface area contributed by atoms with Gasteiger partial charge in [0.2, 0.25) is 0 Å². The lowest BCUT2D eigenvalue weighted by Gasteiger charge is -2.31. The molecule has 1 aliphatic rings. The zero-order valence-electron chi connectivity index (χ0n) is 8.01. The van der Waals surface area contributed by atoms with Crippen molar-refractivity contribution in [2.45, 2.75) is 39.2 Å². The molecule has 3 unspecified atom stereocenters. The summed E-state index contributed by atoms with van der Waals surface area (Å²) in [4.78, 5) is 0. The van der Waals surface area contributed by atoms with E-state index >= 15 is 0 Å². The van der Waals surface area contributed by atoms with Gasteiger partial charge in [0.1, 0.15) is 0 Å². The van der Waals surface area contributed by atoms with E-state index in [9.17, 15) is 5.11 Å². The van der Waals surface area contributed by atoms with Crippen LogP contribution in [0.25, 0.3) is 0 Å². The van der Waals surface area contributed by atoms with Gasteiger partial charge in [-0.15, -0.1) is 5.73 Å². The van der Waals surface area contributed by atoms with E-state index in [1.807, 2.05) is 6.92 Å². The Kier molecular flexibility index (Phi) is 3.13. The predicted octanol–water partition coefficient (Wildman–Crippen LogP) is 2.51. The minimum atomic E-state index is -0.164. The number of aliphatic hydroxyl groups excluding tert-OH is 1. The average Bonchev–Trinajstić information content (AvgIpc) is 2.03.